The summed E-state index contributed by atoms with van der Waals surface area (Å²) < 4.78 is 27.4. The number of para-hydroxylation sites is 1. The van der Waals surface area contributed by atoms with Gasteiger partial charge in [-0.25, -0.2) is 13.8 Å². The van der Waals surface area contributed by atoms with Gasteiger partial charge in [0, 0.05) is 43.7 Å². The Labute approximate surface area is 185 Å². The zero-order chi connectivity index (χ0) is 22.0. The van der Waals surface area contributed by atoms with Crippen LogP contribution in [0.15, 0.2) is 36.4 Å². The quantitative estimate of drug-likeness (QED) is 0.514. The third kappa shape index (κ3) is 4.88. The minimum atomic E-state index is -0.733. The van der Waals surface area contributed by atoms with Crippen LogP contribution in [0.1, 0.15) is 31.2 Å². The van der Waals surface area contributed by atoms with Crippen LogP contribution >= 0.6 is 11.6 Å². The zero-order valence-electron chi connectivity index (χ0n) is 17.6. The summed E-state index contributed by atoms with van der Waals surface area (Å²) in [6.07, 6.45) is 3.81. The highest BCUT2D eigenvalue weighted by molar-refractivity contribution is 6.30. The van der Waals surface area contributed by atoms with E-state index in [2.05, 4.69) is 15.6 Å². The first kappa shape index (κ1) is 21.7. The van der Waals surface area contributed by atoms with Crippen molar-refractivity contribution in [2.45, 2.75) is 44.3 Å². The second kappa shape index (κ2) is 9.32. The van der Waals surface area contributed by atoms with Crippen molar-refractivity contribution in [2.24, 2.45) is 0 Å². The van der Waals surface area contributed by atoms with Crippen LogP contribution < -0.4 is 15.5 Å². The van der Waals surface area contributed by atoms with E-state index in [1.165, 1.54) is 12.1 Å². The number of nitrogens with zero attached hydrogens (tertiary/aromatic N) is 3. The molecule has 1 aliphatic rings. The van der Waals surface area contributed by atoms with Gasteiger partial charge < -0.3 is 15.5 Å². The van der Waals surface area contributed by atoms with Crippen LogP contribution in [-0.4, -0.2) is 36.1 Å². The number of hydrogen-bond acceptors (Lipinski definition) is 5. The van der Waals surface area contributed by atoms with Gasteiger partial charge in [-0.2, -0.15) is 4.98 Å². The molecule has 8 heteroatoms. The molecule has 164 valence electrons. The highest BCUT2D eigenvalue weighted by Crippen LogP contribution is 2.27. The summed E-state index contributed by atoms with van der Waals surface area (Å²) in [4.78, 5) is 11.4. The van der Waals surface area contributed by atoms with Gasteiger partial charge in [-0.3, -0.25) is 0 Å². The van der Waals surface area contributed by atoms with Crippen molar-refractivity contribution in [1.82, 2.24) is 15.3 Å². The molecule has 1 heterocycles. The summed E-state index contributed by atoms with van der Waals surface area (Å²) >= 11 is 5.67. The summed E-state index contributed by atoms with van der Waals surface area (Å²) in [6, 6.07) is 11.2. The SMILES string of the molecule is CN(C)c1nc(N[C@H]2CC[C@@H](NCc3ccc(F)c(Cl)c3F)CC2)nc2ccccc12. The number of fused-ring (bicyclic) bond motifs is 1. The van der Waals surface area contributed by atoms with Crippen molar-refractivity contribution in [3.05, 3.63) is 58.6 Å². The Morgan fingerprint density at radius 3 is 2.45 bits per heavy atom. The van der Waals surface area contributed by atoms with Crippen LogP contribution in [0.25, 0.3) is 10.9 Å². The maximum atomic E-state index is 14.1. The predicted molar refractivity (Wildman–Crippen MR) is 122 cm³/mol. The van der Waals surface area contributed by atoms with Crippen LogP contribution in [0.4, 0.5) is 20.5 Å². The summed E-state index contributed by atoms with van der Waals surface area (Å²) in [5.41, 5.74) is 1.30. The van der Waals surface area contributed by atoms with E-state index in [1.807, 2.05) is 43.3 Å². The molecule has 3 aromatic rings. The van der Waals surface area contributed by atoms with E-state index in [4.69, 9.17) is 16.6 Å². The molecule has 0 spiro atoms. The van der Waals surface area contributed by atoms with Crippen LogP contribution in [0.2, 0.25) is 5.02 Å². The molecule has 1 saturated carbocycles. The van der Waals surface area contributed by atoms with Gasteiger partial charge in [0.05, 0.1) is 5.52 Å². The minimum absolute atomic E-state index is 0.274. The van der Waals surface area contributed by atoms with Crippen molar-refractivity contribution < 1.29 is 8.78 Å². The van der Waals surface area contributed by atoms with Crippen LogP contribution in [0, 0.1) is 11.6 Å². The molecule has 2 N–H and O–H groups in total. The number of hydrogen-bond donors (Lipinski definition) is 2. The van der Waals surface area contributed by atoms with E-state index < -0.39 is 16.7 Å². The standard InChI is InChI=1S/C23H26ClF2N5/c1-31(2)22-17-5-3-4-6-19(17)29-23(30-22)28-16-10-8-15(9-11-16)27-13-14-7-12-18(25)20(24)21(14)26/h3-7,12,15-16,27H,8-11,13H2,1-2H3,(H,28,29,30)/t15-,16+. The van der Waals surface area contributed by atoms with Gasteiger partial charge in [-0.1, -0.05) is 29.8 Å². The molecule has 0 amide bonds. The number of anilines is 2. The van der Waals surface area contributed by atoms with Gasteiger partial charge in [-0.05, 0) is 43.9 Å². The Morgan fingerprint density at radius 2 is 1.71 bits per heavy atom. The molecule has 1 aliphatic carbocycles. The first-order valence-corrected chi connectivity index (χ1v) is 10.9. The molecule has 0 bridgehead atoms. The fourth-order valence-electron chi connectivity index (χ4n) is 4.05. The highest BCUT2D eigenvalue weighted by Gasteiger charge is 2.22. The first-order valence-electron chi connectivity index (χ1n) is 10.5. The molecular weight excluding hydrogens is 420 g/mol. The van der Waals surface area contributed by atoms with Gasteiger partial charge in [0.15, 0.2) is 0 Å². The number of nitrogens with one attached hydrogen (secondary N) is 2. The molecule has 0 unspecified atom stereocenters. The number of halogens is 3. The summed E-state index contributed by atoms with van der Waals surface area (Å²) in [5, 5.41) is 7.44. The zero-order valence-corrected chi connectivity index (χ0v) is 18.4. The third-order valence-electron chi connectivity index (χ3n) is 5.76. The predicted octanol–water partition coefficient (Wildman–Crippen LogP) is 5.14. The molecule has 2 aromatic carbocycles. The Hall–Kier alpha value is -2.51. The Bertz CT molecular complexity index is 1070. The largest absolute Gasteiger partial charge is 0.362 e. The van der Waals surface area contributed by atoms with E-state index >= 15 is 0 Å². The van der Waals surface area contributed by atoms with Gasteiger partial charge in [-0.15, -0.1) is 0 Å². The molecule has 0 saturated heterocycles. The van der Waals surface area contributed by atoms with Crippen molar-refractivity contribution in [1.29, 1.82) is 0 Å². The van der Waals surface area contributed by atoms with Crippen LogP contribution in [-0.2, 0) is 6.54 Å². The molecular formula is C23H26ClF2N5. The second-order valence-corrected chi connectivity index (χ2v) is 8.57. The average molecular weight is 446 g/mol. The van der Waals surface area contributed by atoms with E-state index in [1.54, 1.807) is 0 Å². The van der Waals surface area contributed by atoms with Gasteiger partial charge >= 0.3 is 0 Å². The van der Waals surface area contributed by atoms with Crippen molar-refractivity contribution >= 4 is 34.3 Å². The normalized spacial score (nSPS) is 18.9. The maximum Gasteiger partial charge on any atom is 0.225 e. The first-order chi connectivity index (χ1) is 14.9. The molecule has 0 radical (unpaired) electrons. The lowest BCUT2D eigenvalue weighted by Crippen LogP contribution is -2.37. The van der Waals surface area contributed by atoms with Crippen molar-refractivity contribution in [3.8, 4) is 0 Å². The lowest BCUT2D eigenvalue weighted by atomic mass is 9.91. The summed E-state index contributed by atoms with van der Waals surface area (Å²) in [7, 11) is 3.96. The molecule has 1 fully saturated rings. The van der Waals surface area contributed by atoms with E-state index in [9.17, 15) is 8.78 Å². The number of benzene rings is 2. The van der Waals surface area contributed by atoms with Gasteiger partial charge in [0.2, 0.25) is 5.95 Å². The van der Waals surface area contributed by atoms with Crippen molar-refractivity contribution in [2.75, 3.05) is 24.3 Å². The summed E-state index contributed by atoms with van der Waals surface area (Å²) in [6.45, 7) is 0.328. The van der Waals surface area contributed by atoms with Crippen LogP contribution in [0.5, 0.6) is 0 Å². The highest BCUT2D eigenvalue weighted by atomic mass is 35.5. The topological polar surface area (TPSA) is 53.1 Å². The molecule has 31 heavy (non-hydrogen) atoms. The Balaban J connectivity index is 1.35. The lowest BCUT2D eigenvalue weighted by Gasteiger charge is -2.30. The average Bonchev–Trinajstić information content (AvgIpc) is 2.77. The number of aromatic nitrogens is 2. The molecule has 5 nitrogen and oxygen atoms in total. The molecule has 4 rings (SSSR count). The monoisotopic (exact) mass is 445 g/mol. The molecule has 1 aromatic heterocycles. The fraction of sp³-hybridized carbons (Fsp3) is 0.391. The van der Waals surface area contributed by atoms with Gasteiger partial charge in [0.25, 0.3) is 0 Å². The van der Waals surface area contributed by atoms with E-state index in [0.29, 0.717) is 18.1 Å². The third-order valence-corrected chi connectivity index (χ3v) is 6.11. The molecule has 0 atom stereocenters. The Morgan fingerprint density at radius 1 is 1.00 bits per heavy atom. The molecule has 0 aliphatic heterocycles. The van der Waals surface area contributed by atoms with E-state index in [0.717, 1.165) is 42.4 Å². The fourth-order valence-corrected chi connectivity index (χ4v) is 4.23. The maximum absolute atomic E-state index is 14.1. The second-order valence-electron chi connectivity index (χ2n) is 8.19. The Kier molecular flexibility index (Phi) is 6.53. The van der Waals surface area contributed by atoms with Crippen LogP contribution in [0.3, 0.4) is 0 Å². The number of rotatable bonds is 6. The smallest absolute Gasteiger partial charge is 0.225 e. The van der Waals surface area contributed by atoms with E-state index in [-0.39, 0.29) is 12.1 Å². The summed E-state index contributed by atoms with van der Waals surface area (Å²) in [5.74, 6) is 0.114. The lowest BCUT2D eigenvalue weighted by molar-refractivity contribution is 0.350. The van der Waals surface area contributed by atoms with Crippen molar-refractivity contribution in [3.63, 3.8) is 0 Å². The minimum Gasteiger partial charge on any atom is -0.362 e. The van der Waals surface area contributed by atoms with Gasteiger partial charge in [0.1, 0.15) is 22.5 Å².